The van der Waals surface area contributed by atoms with Gasteiger partial charge in [-0.2, -0.15) is 0 Å². The molecule has 1 aromatic heterocycles. The Kier molecular flexibility index (Phi) is 4.47. The maximum Gasteiger partial charge on any atom is 0.248 e. The van der Waals surface area contributed by atoms with Crippen LogP contribution in [-0.2, 0) is 4.79 Å². The summed E-state index contributed by atoms with van der Waals surface area (Å²) in [4.78, 5) is 12.7. The van der Waals surface area contributed by atoms with Gasteiger partial charge in [0.1, 0.15) is 0 Å². The van der Waals surface area contributed by atoms with E-state index in [2.05, 4.69) is 5.32 Å². The molecule has 3 nitrogen and oxygen atoms in total. The highest BCUT2D eigenvalue weighted by atomic mass is 35.5. The number of benzene rings is 1. The lowest BCUT2D eigenvalue weighted by Gasteiger charge is -2.06. The molecule has 0 saturated carbocycles. The monoisotopic (exact) mass is 312 g/mol. The molecular weight excluding hydrogens is 303 g/mol. The van der Waals surface area contributed by atoms with Gasteiger partial charge in [0.05, 0.1) is 15.7 Å². The van der Waals surface area contributed by atoms with Gasteiger partial charge >= 0.3 is 0 Å². The summed E-state index contributed by atoms with van der Waals surface area (Å²) in [6, 6.07) is 6.95. The standard InChI is InChI=1S/C13H10Cl2N2OS/c14-10-6-8(7-11(15)13(10)16)17-12(18)4-3-9-2-1-5-19-9/h1-7H,16H2,(H,17,18)/b4-3+. The zero-order chi connectivity index (χ0) is 13.8. The van der Waals surface area contributed by atoms with Gasteiger partial charge in [-0.1, -0.05) is 29.3 Å². The molecule has 0 radical (unpaired) electrons. The Morgan fingerprint density at radius 3 is 2.58 bits per heavy atom. The van der Waals surface area contributed by atoms with E-state index in [1.807, 2.05) is 17.5 Å². The molecular formula is C13H10Cl2N2OS. The predicted octanol–water partition coefficient (Wildman–Crippen LogP) is 4.29. The number of carbonyl (C=O) groups excluding carboxylic acids is 1. The van der Waals surface area contributed by atoms with Gasteiger partial charge in [0.2, 0.25) is 5.91 Å². The fourth-order valence-electron chi connectivity index (χ4n) is 1.38. The van der Waals surface area contributed by atoms with Gasteiger partial charge in [-0.15, -0.1) is 11.3 Å². The number of hydrogen-bond acceptors (Lipinski definition) is 3. The maximum absolute atomic E-state index is 11.7. The third-order valence-electron chi connectivity index (χ3n) is 2.29. The van der Waals surface area contributed by atoms with E-state index in [0.717, 1.165) is 4.88 Å². The summed E-state index contributed by atoms with van der Waals surface area (Å²) >= 11 is 13.3. The van der Waals surface area contributed by atoms with Crippen molar-refractivity contribution in [2.24, 2.45) is 0 Å². The van der Waals surface area contributed by atoms with Crippen LogP contribution in [0.25, 0.3) is 6.08 Å². The van der Waals surface area contributed by atoms with Crippen molar-refractivity contribution >= 4 is 57.9 Å². The number of nitrogens with two attached hydrogens (primary N) is 1. The number of halogens is 2. The molecule has 19 heavy (non-hydrogen) atoms. The van der Waals surface area contributed by atoms with Crippen molar-refractivity contribution < 1.29 is 4.79 Å². The van der Waals surface area contributed by atoms with Crippen LogP contribution in [0.3, 0.4) is 0 Å². The Balaban J connectivity index is 2.07. The fraction of sp³-hybridized carbons (Fsp3) is 0. The van der Waals surface area contributed by atoms with Crippen LogP contribution in [-0.4, -0.2) is 5.91 Å². The average Bonchev–Trinajstić information content (AvgIpc) is 2.86. The Hall–Kier alpha value is -1.49. The lowest BCUT2D eigenvalue weighted by Crippen LogP contribution is -2.08. The number of nitrogen functional groups attached to an aromatic ring is 1. The summed E-state index contributed by atoms with van der Waals surface area (Å²) in [6.45, 7) is 0. The number of nitrogens with one attached hydrogen (secondary N) is 1. The molecule has 0 atom stereocenters. The van der Waals surface area contributed by atoms with Crippen molar-refractivity contribution in [2.75, 3.05) is 11.1 Å². The number of anilines is 2. The Bertz CT molecular complexity index is 601. The van der Waals surface area contributed by atoms with Crippen LogP contribution in [0.1, 0.15) is 4.88 Å². The summed E-state index contributed by atoms with van der Waals surface area (Å²) in [5, 5.41) is 5.23. The van der Waals surface area contributed by atoms with Crippen LogP contribution < -0.4 is 11.1 Å². The number of thiophene rings is 1. The van der Waals surface area contributed by atoms with E-state index in [9.17, 15) is 4.79 Å². The van der Waals surface area contributed by atoms with E-state index in [0.29, 0.717) is 21.4 Å². The van der Waals surface area contributed by atoms with Gasteiger partial charge < -0.3 is 11.1 Å². The van der Waals surface area contributed by atoms with E-state index in [1.165, 1.54) is 6.08 Å². The molecule has 6 heteroatoms. The quantitative estimate of drug-likeness (QED) is 0.656. The first-order valence-electron chi connectivity index (χ1n) is 5.33. The van der Waals surface area contributed by atoms with Crippen LogP contribution >= 0.6 is 34.5 Å². The SMILES string of the molecule is Nc1c(Cl)cc(NC(=O)/C=C/c2cccs2)cc1Cl. The second-order valence-electron chi connectivity index (χ2n) is 3.69. The molecule has 0 aliphatic carbocycles. The predicted molar refractivity (Wildman–Crippen MR) is 82.9 cm³/mol. The van der Waals surface area contributed by atoms with Gasteiger partial charge in [-0.05, 0) is 29.7 Å². The molecule has 0 aliphatic heterocycles. The smallest absolute Gasteiger partial charge is 0.248 e. The molecule has 3 N–H and O–H groups in total. The number of amides is 1. The molecule has 0 saturated heterocycles. The highest BCUT2D eigenvalue weighted by Crippen LogP contribution is 2.31. The molecule has 2 rings (SSSR count). The largest absolute Gasteiger partial charge is 0.396 e. The van der Waals surface area contributed by atoms with Gasteiger partial charge in [0, 0.05) is 16.6 Å². The average molecular weight is 313 g/mol. The van der Waals surface area contributed by atoms with Crippen LogP contribution in [0.5, 0.6) is 0 Å². The van der Waals surface area contributed by atoms with Crippen LogP contribution in [0.4, 0.5) is 11.4 Å². The first-order chi connectivity index (χ1) is 9.06. The highest BCUT2D eigenvalue weighted by molar-refractivity contribution is 7.10. The van der Waals surface area contributed by atoms with E-state index >= 15 is 0 Å². The Labute approximate surface area is 124 Å². The second kappa shape index (κ2) is 6.10. The molecule has 98 valence electrons. The lowest BCUT2D eigenvalue weighted by atomic mass is 10.2. The van der Waals surface area contributed by atoms with Gasteiger partial charge in [-0.25, -0.2) is 0 Å². The summed E-state index contributed by atoms with van der Waals surface area (Å²) in [5.41, 5.74) is 6.42. The molecule has 0 fully saturated rings. The minimum atomic E-state index is -0.259. The molecule has 0 unspecified atom stereocenters. The molecule has 1 aromatic carbocycles. The lowest BCUT2D eigenvalue weighted by molar-refractivity contribution is -0.111. The first-order valence-corrected chi connectivity index (χ1v) is 6.97. The molecule has 0 spiro atoms. The van der Waals surface area contributed by atoms with Gasteiger partial charge in [-0.3, -0.25) is 4.79 Å². The van der Waals surface area contributed by atoms with Crippen LogP contribution in [0, 0.1) is 0 Å². The summed E-state index contributed by atoms with van der Waals surface area (Å²) in [7, 11) is 0. The van der Waals surface area contributed by atoms with Crippen molar-refractivity contribution in [1.29, 1.82) is 0 Å². The second-order valence-corrected chi connectivity index (χ2v) is 5.49. The number of rotatable bonds is 3. The third kappa shape index (κ3) is 3.73. The fourth-order valence-corrected chi connectivity index (χ4v) is 2.49. The minimum absolute atomic E-state index is 0.259. The summed E-state index contributed by atoms with van der Waals surface area (Å²) < 4.78 is 0. The summed E-state index contributed by atoms with van der Waals surface area (Å²) in [5.74, 6) is -0.259. The van der Waals surface area contributed by atoms with E-state index < -0.39 is 0 Å². The molecule has 2 aromatic rings. The molecule has 1 amide bonds. The van der Waals surface area contributed by atoms with Crippen molar-refractivity contribution in [2.45, 2.75) is 0 Å². The third-order valence-corrected chi connectivity index (χ3v) is 3.75. The van der Waals surface area contributed by atoms with Crippen molar-refractivity contribution in [3.05, 3.63) is 50.6 Å². The van der Waals surface area contributed by atoms with E-state index in [4.69, 9.17) is 28.9 Å². The van der Waals surface area contributed by atoms with E-state index in [-0.39, 0.29) is 5.91 Å². The number of hydrogen-bond donors (Lipinski definition) is 2. The summed E-state index contributed by atoms with van der Waals surface area (Å²) in [6.07, 6.45) is 3.19. The van der Waals surface area contributed by atoms with Gasteiger partial charge in [0.15, 0.2) is 0 Å². The Morgan fingerprint density at radius 1 is 1.32 bits per heavy atom. The molecule has 0 bridgehead atoms. The van der Waals surface area contributed by atoms with Gasteiger partial charge in [0.25, 0.3) is 0 Å². The normalized spacial score (nSPS) is 10.8. The first kappa shape index (κ1) is 13.9. The van der Waals surface area contributed by atoms with Crippen molar-refractivity contribution in [1.82, 2.24) is 0 Å². The van der Waals surface area contributed by atoms with Crippen molar-refractivity contribution in [3.8, 4) is 0 Å². The Morgan fingerprint density at radius 2 is 2.00 bits per heavy atom. The zero-order valence-corrected chi connectivity index (χ0v) is 12.0. The molecule has 1 heterocycles. The maximum atomic E-state index is 11.7. The highest BCUT2D eigenvalue weighted by Gasteiger charge is 2.06. The van der Waals surface area contributed by atoms with Crippen LogP contribution in [0.15, 0.2) is 35.7 Å². The zero-order valence-electron chi connectivity index (χ0n) is 9.69. The minimum Gasteiger partial charge on any atom is -0.396 e. The molecule has 0 aliphatic rings. The van der Waals surface area contributed by atoms with Crippen molar-refractivity contribution in [3.63, 3.8) is 0 Å². The topological polar surface area (TPSA) is 55.1 Å². The van der Waals surface area contributed by atoms with Crippen LogP contribution in [0.2, 0.25) is 10.0 Å². The number of carbonyl (C=O) groups is 1. The van der Waals surface area contributed by atoms with E-state index in [1.54, 1.807) is 29.5 Å².